The van der Waals surface area contributed by atoms with Crippen molar-refractivity contribution >= 4 is 21.9 Å². The zero-order chi connectivity index (χ0) is 36.6. The molecule has 10 aromatic rings. The summed E-state index contributed by atoms with van der Waals surface area (Å²) in [6, 6.07) is 65.4. The molecule has 258 valence electrons. The Kier molecular flexibility index (Phi) is 8.12. The van der Waals surface area contributed by atoms with E-state index in [0.29, 0.717) is 5.82 Å². The van der Waals surface area contributed by atoms with Gasteiger partial charge in [0.25, 0.3) is 0 Å². The van der Waals surface area contributed by atoms with E-state index in [0.717, 1.165) is 94.5 Å². The summed E-state index contributed by atoms with van der Waals surface area (Å²) in [6.07, 6.45) is 3.72. The second-order valence-electron chi connectivity index (χ2n) is 13.7. The Hall–Kier alpha value is -7.43. The molecule has 7 aromatic carbocycles. The van der Waals surface area contributed by atoms with Crippen molar-refractivity contribution in [3.63, 3.8) is 0 Å². The summed E-state index contributed by atoms with van der Waals surface area (Å²) >= 11 is 0. The lowest BCUT2D eigenvalue weighted by molar-refractivity contribution is 0.670. The largest absolute Gasteiger partial charge is 0.455 e. The van der Waals surface area contributed by atoms with Crippen LogP contribution in [0.1, 0.15) is 0 Å². The summed E-state index contributed by atoms with van der Waals surface area (Å²) in [6.45, 7) is 0. The number of pyridine rings is 1. The van der Waals surface area contributed by atoms with Gasteiger partial charge in [0, 0.05) is 51.0 Å². The third kappa shape index (κ3) is 6.26. The molecule has 0 fully saturated rings. The molecule has 3 aromatic heterocycles. The molecule has 0 unspecified atom stereocenters. The normalized spacial score (nSPS) is 11.3. The molecule has 0 N–H and O–H groups in total. The van der Waals surface area contributed by atoms with E-state index in [-0.39, 0.29) is 0 Å². The number of furan rings is 1. The van der Waals surface area contributed by atoms with Crippen LogP contribution in [-0.2, 0) is 0 Å². The van der Waals surface area contributed by atoms with Crippen LogP contribution in [0.3, 0.4) is 0 Å². The topological polar surface area (TPSA) is 51.8 Å². The van der Waals surface area contributed by atoms with Crippen molar-refractivity contribution in [3.8, 4) is 78.4 Å². The summed E-state index contributed by atoms with van der Waals surface area (Å²) in [5.74, 6) is 0.659. The number of hydrogen-bond donors (Lipinski definition) is 0. The van der Waals surface area contributed by atoms with Gasteiger partial charge in [-0.05, 0) is 88.0 Å². The highest BCUT2D eigenvalue weighted by molar-refractivity contribution is 6.09. The molecule has 3 heterocycles. The first-order valence-electron chi connectivity index (χ1n) is 18.4. The lowest BCUT2D eigenvalue weighted by Gasteiger charge is -2.15. The lowest BCUT2D eigenvalue weighted by Crippen LogP contribution is -1.97. The third-order valence-corrected chi connectivity index (χ3v) is 10.1. The molecular weight excluding hydrogens is 671 g/mol. The van der Waals surface area contributed by atoms with Crippen LogP contribution in [0.4, 0.5) is 0 Å². The highest BCUT2D eigenvalue weighted by Crippen LogP contribution is 2.40. The second-order valence-corrected chi connectivity index (χ2v) is 13.7. The standard InChI is InChI=1S/C51H33N3O/c1-4-14-34(15-5-1)38-26-40(37-20-13-25-52-33-37)30-42(28-38)47-32-48(54-51(53-47)36-18-8-3-9-19-36)43-29-39(35-16-6-2-7-17-35)27-41(31-43)44-22-12-23-46-45-21-10-11-24-49(45)55-50(44)46/h1-33H. The summed E-state index contributed by atoms with van der Waals surface area (Å²) in [7, 11) is 0. The number of nitrogens with zero attached hydrogens (tertiary/aromatic N) is 3. The smallest absolute Gasteiger partial charge is 0.160 e. The first kappa shape index (κ1) is 32.2. The van der Waals surface area contributed by atoms with Gasteiger partial charge in [-0.3, -0.25) is 4.98 Å². The highest BCUT2D eigenvalue weighted by Gasteiger charge is 2.18. The van der Waals surface area contributed by atoms with E-state index in [1.165, 1.54) is 0 Å². The second kappa shape index (κ2) is 13.8. The Bertz CT molecular complexity index is 2900. The molecule has 0 aliphatic rings. The van der Waals surface area contributed by atoms with Crippen LogP contribution in [0.5, 0.6) is 0 Å². The number of aromatic nitrogens is 3. The van der Waals surface area contributed by atoms with Crippen LogP contribution in [0.25, 0.3) is 100 Å². The van der Waals surface area contributed by atoms with Crippen LogP contribution in [0.2, 0.25) is 0 Å². The van der Waals surface area contributed by atoms with Gasteiger partial charge in [-0.2, -0.15) is 0 Å². The fourth-order valence-electron chi connectivity index (χ4n) is 7.44. The average Bonchev–Trinajstić information content (AvgIpc) is 3.66. The van der Waals surface area contributed by atoms with Gasteiger partial charge in [0.2, 0.25) is 0 Å². The van der Waals surface area contributed by atoms with Gasteiger partial charge in [0.1, 0.15) is 11.2 Å². The molecule has 0 amide bonds. The summed E-state index contributed by atoms with van der Waals surface area (Å²) in [5.41, 5.74) is 15.0. The van der Waals surface area contributed by atoms with Crippen LogP contribution in [0.15, 0.2) is 205 Å². The van der Waals surface area contributed by atoms with Gasteiger partial charge in [-0.15, -0.1) is 0 Å². The molecular formula is C51H33N3O. The van der Waals surface area contributed by atoms with Gasteiger partial charge in [-0.25, -0.2) is 9.97 Å². The van der Waals surface area contributed by atoms with E-state index in [4.69, 9.17) is 14.4 Å². The van der Waals surface area contributed by atoms with Crippen molar-refractivity contribution in [2.24, 2.45) is 0 Å². The van der Waals surface area contributed by atoms with Gasteiger partial charge >= 0.3 is 0 Å². The number of benzene rings is 7. The van der Waals surface area contributed by atoms with Crippen molar-refractivity contribution in [1.82, 2.24) is 15.0 Å². The minimum absolute atomic E-state index is 0.659. The zero-order valence-electron chi connectivity index (χ0n) is 29.8. The first-order valence-corrected chi connectivity index (χ1v) is 18.4. The molecule has 0 atom stereocenters. The van der Waals surface area contributed by atoms with Crippen molar-refractivity contribution in [2.45, 2.75) is 0 Å². The zero-order valence-corrected chi connectivity index (χ0v) is 29.8. The summed E-state index contributed by atoms with van der Waals surface area (Å²) in [5, 5.41) is 2.20. The molecule has 0 bridgehead atoms. The van der Waals surface area contributed by atoms with Crippen LogP contribution < -0.4 is 0 Å². The molecule has 0 spiro atoms. The number of rotatable bonds is 7. The van der Waals surface area contributed by atoms with E-state index in [2.05, 4.69) is 151 Å². The maximum absolute atomic E-state index is 6.55. The van der Waals surface area contributed by atoms with Crippen molar-refractivity contribution < 1.29 is 4.42 Å². The van der Waals surface area contributed by atoms with Crippen LogP contribution >= 0.6 is 0 Å². The maximum Gasteiger partial charge on any atom is 0.160 e. The van der Waals surface area contributed by atoms with Crippen molar-refractivity contribution in [2.75, 3.05) is 0 Å². The van der Waals surface area contributed by atoms with Gasteiger partial charge in [-0.1, -0.05) is 133 Å². The van der Waals surface area contributed by atoms with Gasteiger partial charge < -0.3 is 4.42 Å². The quantitative estimate of drug-likeness (QED) is 0.166. The molecule has 0 saturated carbocycles. The van der Waals surface area contributed by atoms with E-state index in [1.54, 1.807) is 6.20 Å². The van der Waals surface area contributed by atoms with Crippen molar-refractivity contribution in [1.29, 1.82) is 0 Å². The predicted molar refractivity (Wildman–Crippen MR) is 225 cm³/mol. The molecule has 0 saturated heterocycles. The fraction of sp³-hybridized carbons (Fsp3) is 0. The van der Waals surface area contributed by atoms with E-state index in [1.807, 2.05) is 48.7 Å². The maximum atomic E-state index is 6.55. The molecule has 0 aliphatic heterocycles. The van der Waals surface area contributed by atoms with Gasteiger partial charge in [0.15, 0.2) is 5.82 Å². The van der Waals surface area contributed by atoms with Crippen molar-refractivity contribution in [3.05, 3.63) is 200 Å². The first-order chi connectivity index (χ1) is 27.2. The monoisotopic (exact) mass is 703 g/mol. The van der Waals surface area contributed by atoms with E-state index in [9.17, 15) is 0 Å². The summed E-state index contributed by atoms with van der Waals surface area (Å²) in [4.78, 5) is 15.0. The number of fused-ring (bicyclic) bond motifs is 3. The Morgan fingerprint density at radius 2 is 0.855 bits per heavy atom. The van der Waals surface area contributed by atoms with E-state index >= 15 is 0 Å². The Labute approximate surface area is 319 Å². The number of hydrogen-bond acceptors (Lipinski definition) is 4. The third-order valence-electron chi connectivity index (χ3n) is 10.1. The minimum Gasteiger partial charge on any atom is -0.455 e. The van der Waals surface area contributed by atoms with E-state index < -0.39 is 0 Å². The van der Waals surface area contributed by atoms with Crippen LogP contribution in [-0.4, -0.2) is 15.0 Å². The molecule has 4 heteroatoms. The Morgan fingerprint density at radius 1 is 0.345 bits per heavy atom. The Balaban J connectivity index is 1.21. The van der Waals surface area contributed by atoms with Crippen LogP contribution in [0, 0.1) is 0 Å². The molecule has 0 radical (unpaired) electrons. The number of para-hydroxylation sites is 2. The molecule has 10 rings (SSSR count). The minimum atomic E-state index is 0.659. The lowest BCUT2D eigenvalue weighted by atomic mass is 9.93. The SMILES string of the molecule is c1ccc(-c2cc(-c3cccnc3)cc(-c3cc(-c4cc(-c5ccccc5)cc(-c5cccc6c5oc5ccccc56)c4)nc(-c4ccccc4)n3)c2)cc1. The molecule has 55 heavy (non-hydrogen) atoms. The average molecular weight is 704 g/mol. The molecule has 4 nitrogen and oxygen atoms in total. The fourth-order valence-corrected chi connectivity index (χ4v) is 7.44. The summed E-state index contributed by atoms with van der Waals surface area (Å²) < 4.78 is 6.55. The Morgan fingerprint density at radius 3 is 1.49 bits per heavy atom. The molecule has 0 aliphatic carbocycles. The highest BCUT2D eigenvalue weighted by atomic mass is 16.3. The predicted octanol–water partition coefficient (Wildman–Crippen LogP) is 13.4. The van der Waals surface area contributed by atoms with Gasteiger partial charge in [0.05, 0.1) is 11.4 Å².